The highest BCUT2D eigenvalue weighted by Crippen LogP contribution is 2.28. The third-order valence-electron chi connectivity index (χ3n) is 5.33. The van der Waals surface area contributed by atoms with E-state index < -0.39 is 17.2 Å². The lowest BCUT2D eigenvalue weighted by Gasteiger charge is -2.16. The molecule has 0 spiro atoms. The molecule has 2 heterocycles. The molecule has 3 aromatic rings. The zero-order valence-electron chi connectivity index (χ0n) is 20.5. The lowest BCUT2D eigenvalue weighted by Crippen LogP contribution is -2.34. The minimum atomic E-state index is -0.629. The van der Waals surface area contributed by atoms with Crippen LogP contribution in [0.5, 0.6) is 11.5 Å². The van der Waals surface area contributed by atoms with Crippen molar-refractivity contribution in [1.82, 2.24) is 19.9 Å². The Hall–Kier alpha value is -3.62. The Morgan fingerprint density at radius 1 is 1.15 bits per heavy atom. The van der Waals surface area contributed by atoms with Gasteiger partial charge in [-0.3, -0.25) is 19.1 Å². The summed E-state index contributed by atoms with van der Waals surface area (Å²) in [4.78, 5) is 45.5. The fraction of sp³-hybridized carbons (Fsp3) is 0.440. The van der Waals surface area contributed by atoms with Crippen molar-refractivity contribution >= 4 is 16.9 Å². The Labute approximate surface area is 198 Å². The van der Waals surface area contributed by atoms with Crippen LogP contribution < -0.4 is 26.0 Å². The molecule has 9 heteroatoms. The topological polar surface area (TPSA) is 115 Å². The third kappa shape index (κ3) is 5.30. The van der Waals surface area contributed by atoms with Crippen LogP contribution in [0.2, 0.25) is 0 Å². The summed E-state index contributed by atoms with van der Waals surface area (Å²) in [6.45, 7) is 10.8. The summed E-state index contributed by atoms with van der Waals surface area (Å²) in [5.41, 5.74) is 0.680. The van der Waals surface area contributed by atoms with Crippen LogP contribution in [0.15, 0.2) is 33.9 Å². The van der Waals surface area contributed by atoms with Crippen molar-refractivity contribution in [2.45, 2.75) is 53.6 Å². The molecule has 0 atom stereocenters. The molecule has 2 aromatic heterocycles. The first-order valence-corrected chi connectivity index (χ1v) is 11.4. The molecule has 9 nitrogen and oxygen atoms in total. The highest BCUT2D eigenvalue weighted by Gasteiger charge is 2.21. The van der Waals surface area contributed by atoms with Gasteiger partial charge in [0, 0.05) is 18.8 Å². The van der Waals surface area contributed by atoms with Crippen LogP contribution in [0.1, 0.15) is 62.2 Å². The maximum absolute atomic E-state index is 13.3. The first kappa shape index (κ1) is 25.0. The number of rotatable bonds is 9. The molecule has 0 fully saturated rings. The number of carbonyl (C=O) groups is 1. The number of benzene rings is 1. The van der Waals surface area contributed by atoms with Crippen LogP contribution in [-0.4, -0.2) is 34.2 Å². The molecule has 0 saturated heterocycles. The molecule has 0 bridgehead atoms. The number of nitrogens with zero attached hydrogens (tertiary/aromatic N) is 2. The lowest BCUT2D eigenvalue weighted by molar-refractivity contribution is 0.0952. The minimum absolute atomic E-state index is 0.00629. The largest absolute Gasteiger partial charge is 0.493 e. The number of aromatic amines is 1. The van der Waals surface area contributed by atoms with Crippen molar-refractivity contribution in [2.24, 2.45) is 5.92 Å². The zero-order chi connectivity index (χ0) is 25.0. The predicted molar refractivity (Wildman–Crippen MR) is 131 cm³/mol. The Kier molecular flexibility index (Phi) is 7.75. The number of hydrogen-bond acceptors (Lipinski definition) is 6. The van der Waals surface area contributed by atoms with Gasteiger partial charge in [-0.1, -0.05) is 33.8 Å². The predicted octanol–water partition coefficient (Wildman–Crippen LogP) is 3.20. The van der Waals surface area contributed by atoms with Gasteiger partial charge >= 0.3 is 5.69 Å². The molecule has 0 aliphatic rings. The number of fused-ring (bicyclic) bond motifs is 1. The summed E-state index contributed by atoms with van der Waals surface area (Å²) in [7, 11) is 1.56. The summed E-state index contributed by atoms with van der Waals surface area (Å²) >= 11 is 0. The van der Waals surface area contributed by atoms with Gasteiger partial charge in [-0.25, -0.2) is 9.78 Å². The molecule has 0 radical (unpaired) electrons. The van der Waals surface area contributed by atoms with Gasteiger partial charge in [0.25, 0.3) is 11.5 Å². The molecule has 1 aromatic carbocycles. The average molecular weight is 469 g/mol. The summed E-state index contributed by atoms with van der Waals surface area (Å²) in [6, 6.07) is 7.05. The maximum atomic E-state index is 13.3. The number of methoxy groups -OCH3 is 1. The molecular formula is C25H32N4O5. The average Bonchev–Trinajstić information content (AvgIpc) is 2.79. The van der Waals surface area contributed by atoms with E-state index in [0.29, 0.717) is 30.3 Å². The van der Waals surface area contributed by atoms with Crippen LogP contribution >= 0.6 is 0 Å². The summed E-state index contributed by atoms with van der Waals surface area (Å²) < 4.78 is 12.3. The number of ether oxygens (including phenoxy) is 2. The van der Waals surface area contributed by atoms with E-state index in [2.05, 4.69) is 15.3 Å². The smallest absolute Gasteiger partial charge is 0.330 e. The fourth-order valence-corrected chi connectivity index (χ4v) is 3.68. The molecule has 34 heavy (non-hydrogen) atoms. The van der Waals surface area contributed by atoms with Crippen molar-refractivity contribution in [3.63, 3.8) is 0 Å². The Morgan fingerprint density at radius 3 is 2.50 bits per heavy atom. The van der Waals surface area contributed by atoms with Crippen LogP contribution in [0.4, 0.5) is 0 Å². The summed E-state index contributed by atoms with van der Waals surface area (Å²) in [6.07, 6.45) is 0. The first-order valence-electron chi connectivity index (χ1n) is 11.4. The maximum Gasteiger partial charge on any atom is 0.330 e. The van der Waals surface area contributed by atoms with Gasteiger partial charge < -0.3 is 14.8 Å². The van der Waals surface area contributed by atoms with Gasteiger partial charge in [0.15, 0.2) is 17.1 Å². The Balaban J connectivity index is 2.04. The van der Waals surface area contributed by atoms with Crippen molar-refractivity contribution in [1.29, 1.82) is 0 Å². The van der Waals surface area contributed by atoms with E-state index in [9.17, 15) is 14.4 Å². The van der Waals surface area contributed by atoms with Crippen molar-refractivity contribution < 1.29 is 14.3 Å². The molecule has 1 amide bonds. The van der Waals surface area contributed by atoms with E-state index in [0.717, 1.165) is 5.56 Å². The lowest BCUT2D eigenvalue weighted by atomic mass is 10.0. The molecule has 2 N–H and O–H groups in total. The third-order valence-corrected chi connectivity index (χ3v) is 5.33. The molecule has 0 saturated carbocycles. The molecular weight excluding hydrogens is 436 g/mol. The number of pyridine rings is 1. The van der Waals surface area contributed by atoms with E-state index in [1.54, 1.807) is 25.3 Å². The van der Waals surface area contributed by atoms with Crippen LogP contribution in [0.25, 0.3) is 11.0 Å². The number of nitrogens with one attached hydrogen (secondary N) is 2. The fourth-order valence-electron chi connectivity index (χ4n) is 3.68. The van der Waals surface area contributed by atoms with Gasteiger partial charge in [-0.05, 0) is 42.5 Å². The second-order valence-electron chi connectivity index (χ2n) is 8.81. The minimum Gasteiger partial charge on any atom is -0.493 e. The standard InChI is InChI=1S/C25H32N4O5/c1-7-34-19-9-8-16(10-20(19)33-6)12-26-23(30)17-11-18(15(4)5)27-22-21(17)24(31)28-25(32)29(22)13-14(2)3/h8-11,14-15H,7,12-13H2,1-6H3,(H,26,30)(H,28,31,32). The molecule has 0 unspecified atom stereocenters. The highest BCUT2D eigenvalue weighted by atomic mass is 16.5. The normalized spacial score (nSPS) is 11.3. The second kappa shape index (κ2) is 10.5. The van der Waals surface area contributed by atoms with Gasteiger partial charge in [-0.2, -0.15) is 0 Å². The van der Waals surface area contributed by atoms with Gasteiger partial charge in [0.05, 0.1) is 24.7 Å². The highest BCUT2D eigenvalue weighted by molar-refractivity contribution is 6.05. The Morgan fingerprint density at radius 2 is 1.88 bits per heavy atom. The van der Waals surface area contributed by atoms with E-state index in [1.165, 1.54) is 4.57 Å². The van der Waals surface area contributed by atoms with E-state index >= 15 is 0 Å². The molecule has 0 aliphatic heterocycles. The van der Waals surface area contributed by atoms with Crippen molar-refractivity contribution in [2.75, 3.05) is 13.7 Å². The van der Waals surface area contributed by atoms with Crippen LogP contribution in [-0.2, 0) is 13.1 Å². The molecule has 0 aliphatic carbocycles. The SMILES string of the molecule is CCOc1ccc(CNC(=O)c2cc(C(C)C)nc3c2c(=O)[nH]c(=O)n3CC(C)C)cc1OC. The van der Waals surface area contributed by atoms with E-state index in [4.69, 9.17) is 9.47 Å². The van der Waals surface area contributed by atoms with E-state index in [-0.39, 0.29) is 35.0 Å². The number of hydrogen-bond donors (Lipinski definition) is 2. The Bertz CT molecular complexity index is 1310. The molecule has 182 valence electrons. The second-order valence-corrected chi connectivity index (χ2v) is 8.81. The zero-order valence-corrected chi connectivity index (χ0v) is 20.5. The summed E-state index contributed by atoms with van der Waals surface area (Å²) in [5, 5.41) is 2.98. The van der Waals surface area contributed by atoms with Gasteiger partial charge in [0.1, 0.15) is 0 Å². The molecule has 3 rings (SSSR count). The first-order chi connectivity index (χ1) is 16.2. The van der Waals surface area contributed by atoms with Crippen LogP contribution in [0.3, 0.4) is 0 Å². The van der Waals surface area contributed by atoms with E-state index in [1.807, 2.05) is 40.7 Å². The number of H-pyrrole nitrogens is 1. The summed E-state index contributed by atoms with van der Waals surface area (Å²) in [5.74, 6) is 0.898. The van der Waals surface area contributed by atoms with Crippen molar-refractivity contribution in [3.8, 4) is 11.5 Å². The van der Waals surface area contributed by atoms with Gasteiger partial charge in [0.2, 0.25) is 0 Å². The quantitative estimate of drug-likeness (QED) is 0.498. The van der Waals surface area contributed by atoms with Crippen LogP contribution in [0, 0.1) is 5.92 Å². The van der Waals surface area contributed by atoms with Gasteiger partial charge in [-0.15, -0.1) is 0 Å². The number of aromatic nitrogens is 3. The van der Waals surface area contributed by atoms with Crippen molar-refractivity contribution in [3.05, 3.63) is 61.9 Å². The number of amides is 1. The monoisotopic (exact) mass is 468 g/mol. The number of carbonyl (C=O) groups excluding carboxylic acids is 1.